The van der Waals surface area contributed by atoms with E-state index in [1.54, 1.807) is 31.2 Å². The molecule has 1 aliphatic rings. The average Bonchev–Trinajstić information content (AvgIpc) is 2.66. The third-order valence-corrected chi connectivity index (χ3v) is 4.64. The summed E-state index contributed by atoms with van der Waals surface area (Å²) in [7, 11) is 2.93. The Balaban J connectivity index is 2.08. The second-order valence-corrected chi connectivity index (χ2v) is 6.23. The molecule has 2 N–H and O–H groups in total. The molecule has 0 aliphatic carbocycles. The molecule has 28 heavy (non-hydrogen) atoms. The van der Waals surface area contributed by atoms with Crippen molar-refractivity contribution in [2.45, 2.75) is 13.0 Å². The maximum absolute atomic E-state index is 14.4. The minimum Gasteiger partial charge on any atom is -0.495 e. The summed E-state index contributed by atoms with van der Waals surface area (Å²) < 4.78 is 34.0. The minimum atomic E-state index is -1.28. The number of halogens is 2. The number of rotatable bonds is 4. The smallest absolute Gasteiger partial charge is 0.322 e. The summed E-state index contributed by atoms with van der Waals surface area (Å²) in [6.45, 7) is 1.54. The molecule has 0 unspecified atom stereocenters. The molecule has 0 bridgehead atoms. The van der Waals surface area contributed by atoms with Gasteiger partial charge in [-0.15, -0.1) is 0 Å². The molecule has 2 aromatic carbocycles. The van der Waals surface area contributed by atoms with Crippen LogP contribution in [0.2, 0.25) is 0 Å². The van der Waals surface area contributed by atoms with Crippen LogP contribution in [0.3, 0.4) is 0 Å². The molecular formula is C20H19F2N3O3. The molecule has 0 saturated carbocycles. The van der Waals surface area contributed by atoms with Gasteiger partial charge in [0, 0.05) is 12.7 Å². The Morgan fingerprint density at radius 3 is 2.43 bits per heavy atom. The molecule has 0 radical (unpaired) electrons. The maximum Gasteiger partial charge on any atom is 0.322 e. The van der Waals surface area contributed by atoms with Crippen LogP contribution in [0, 0.1) is 11.6 Å². The van der Waals surface area contributed by atoms with E-state index >= 15 is 0 Å². The summed E-state index contributed by atoms with van der Waals surface area (Å²) >= 11 is 0. The van der Waals surface area contributed by atoms with Gasteiger partial charge in [0.1, 0.15) is 17.4 Å². The van der Waals surface area contributed by atoms with Crippen molar-refractivity contribution >= 4 is 17.6 Å². The van der Waals surface area contributed by atoms with Crippen molar-refractivity contribution in [3.05, 3.63) is 70.9 Å². The van der Waals surface area contributed by atoms with Crippen LogP contribution in [0.1, 0.15) is 18.5 Å². The molecule has 6 nitrogen and oxygen atoms in total. The van der Waals surface area contributed by atoms with Gasteiger partial charge in [-0.1, -0.05) is 18.2 Å². The molecule has 146 valence electrons. The fraction of sp³-hybridized carbons (Fsp3) is 0.200. The molecule has 0 fully saturated rings. The quantitative estimate of drug-likeness (QED) is 0.842. The number of ether oxygens (including phenoxy) is 1. The molecule has 0 saturated heterocycles. The van der Waals surface area contributed by atoms with Crippen LogP contribution in [0.25, 0.3) is 0 Å². The zero-order valence-corrected chi connectivity index (χ0v) is 15.5. The van der Waals surface area contributed by atoms with Gasteiger partial charge in [-0.3, -0.25) is 4.79 Å². The number of carbonyl (C=O) groups excluding carboxylic acids is 2. The molecular weight excluding hydrogens is 368 g/mol. The summed E-state index contributed by atoms with van der Waals surface area (Å²) in [5, 5.41) is 5.19. The molecule has 8 heteroatoms. The van der Waals surface area contributed by atoms with E-state index in [0.717, 1.165) is 12.1 Å². The van der Waals surface area contributed by atoms with E-state index in [1.807, 2.05) is 0 Å². The number of anilines is 1. The lowest BCUT2D eigenvalue weighted by Gasteiger charge is -2.34. The third kappa shape index (κ3) is 3.40. The van der Waals surface area contributed by atoms with E-state index in [-0.39, 0.29) is 11.3 Å². The number of amides is 3. The number of hydrogen-bond acceptors (Lipinski definition) is 3. The van der Waals surface area contributed by atoms with E-state index in [1.165, 1.54) is 25.1 Å². The van der Waals surface area contributed by atoms with Crippen molar-refractivity contribution in [3.8, 4) is 5.75 Å². The van der Waals surface area contributed by atoms with Crippen molar-refractivity contribution < 1.29 is 23.1 Å². The summed E-state index contributed by atoms with van der Waals surface area (Å²) in [4.78, 5) is 26.5. The predicted molar refractivity (Wildman–Crippen MR) is 99.7 cm³/mol. The first-order valence-corrected chi connectivity index (χ1v) is 8.48. The second-order valence-electron chi connectivity index (χ2n) is 6.23. The van der Waals surface area contributed by atoms with Gasteiger partial charge in [0.05, 0.1) is 30.0 Å². The summed E-state index contributed by atoms with van der Waals surface area (Å²) in [5.74, 6) is -1.90. The predicted octanol–water partition coefficient (Wildman–Crippen LogP) is 3.58. The summed E-state index contributed by atoms with van der Waals surface area (Å²) in [5.41, 5.74) is 0.303. The van der Waals surface area contributed by atoms with Crippen molar-refractivity contribution in [3.63, 3.8) is 0 Å². The number of nitrogens with zero attached hydrogens (tertiary/aromatic N) is 1. The number of hydrogen-bond donors (Lipinski definition) is 2. The highest BCUT2D eigenvalue weighted by Crippen LogP contribution is 2.34. The monoisotopic (exact) mass is 387 g/mol. The van der Waals surface area contributed by atoms with E-state index in [9.17, 15) is 18.4 Å². The Morgan fingerprint density at radius 1 is 1.14 bits per heavy atom. The van der Waals surface area contributed by atoms with Crippen LogP contribution in [-0.4, -0.2) is 31.0 Å². The Kier molecular flexibility index (Phi) is 5.30. The normalized spacial score (nSPS) is 16.7. The minimum absolute atomic E-state index is 0.0250. The number of carbonyl (C=O) groups is 2. The van der Waals surface area contributed by atoms with Gasteiger partial charge in [0.15, 0.2) is 0 Å². The number of urea groups is 1. The Morgan fingerprint density at radius 2 is 1.79 bits per heavy atom. The third-order valence-electron chi connectivity index (χ3n) is 4.64. The Labute approximate surface area is 160 Å². The van der Waals surface area contributed by atoms with Crippen molar-refractivity contribution in [1.82, 2.24) is 10.2 Å². The summed E-state index contributed by atoms with van der Waals surface area (Å²) in [6.07, 6.45) is 0. The number of benzene rings is 2. The molecule has 2 aromatic rings. The van der Waals surface area contributed by atoms with Gasteiger partial charge in [-0.2, -0.15) is 0 Å². The number of para-hydroxylation sites is 2. The molecule has 1 heterocycles. The van der Waals surface area contributed by atoms with Crippen LogP contribution in [0.15, 0.2) is 53.7 Å². The molecule has 3 rings (SSSR count). The number of methoxy groups -OCH3 is 1. The summed E-state index contributed by atoms with van der Waals surface area (Å²) in [6, 6.07) is 8.28. The van der Waals surface area contributed by atoms with Gasteiger partial charge in [-0.05, 0) is 31.2 Å². The molecule has 1 aliphatic heterocycles. The van der Waals surface area contributed by atoms with E-state index in [4.69, 9.17) is 4.74 Å². The van der Waals surface area contributed by atoms with Crippen LogP contribution < -0.4 is 15.4 Å². The molecule has 3 amide bonds. The van der Waals surface area contributed by atoms with Crippen LogP contribution in [0.4, 0.5) is 19.3 Å². The topological polar surface area (TPSA) is 70.7 Å². The highest BCUT2D eigenvalue weighted by Gasteiger charge is 2.37. The van der Waals surface area contributed by atoms with Crippen LogP contribution >= 0.6 is 0 Å². The molecule has 1 atom stereocenters. The SMILES string of the molecule is COc1ccccc1NC(=O)C1=C(C)N(C)C(=O)N[C@@H]1c1c(F)cccc1F. The fourth-order valence-electron chi connectivity index (χ4n) is 3.07. The van der Waals surface area contributed by atoms with E-state index in [0.29, 0.717) is 11.4 Å². The van der Waals surface area contributed by atoms with Crippen molar-refractivity contribution in [2.75, 3.05) is 19.5 Å². The van der Waals surface area contributed by atoms with Crippen LogP contribution in [0.5, 0.6) is 5.75 Å². The second kappa shape index (κ2) is 7.67. The molecule has 0 aromatic heterocycles. The maximum atomic E-state index is 14.4. The van der Waals surface area contributed by atoms with E-state index in [2.05, 4.69) is 10.6 Å². The fourth-order valence-corrected chi connectivity index (χ4v) is 3.07. The molecule has 0 spiro atoms. The lowest BCUT2D eigenvalue weighted by atomic mass is 9.93. The van der Waals surface area contributed by atoms with Crippen molar-refractivity contribution in [1.29, 1.82) is 0 Å². The zero-order chi connectivity index (χ0) is 20.4. The van der Waals surface area contributed by atoms with Gasteiger partial charge >= 0.3 is 6.03 Å². The van der Waals surface area contributed by atoms with Gasteiger partial charge in [0.2, 0.25) is 0 Å². The van der Waals surface area contributed by atoms with Crippen LogP contribution in [-0.2, 0) is 4.79 Å². The lowest BCUT2D eigenvalue weighted by Crippen LogP contribution is -2.47. The number of allylic oxidation sites excluding steroid dienone is 1. The van der Waals surface area contributed by atoms with Crippen molar-refractivity contribution in [2.24, 2.45) is 0 Å². The first-order valence-electron chi connectivity index (χ1n) is 8.48. The first kappa shape index (κ1) is 19.3. The number of nitrogens with one attached hydrogen (secondary N) is 2. The van der Waals surface area contributed by atoms with Gasteiger partial charge in [0.25, 0.3) is 5.91 Å². The Hall–Kier alpha value is -3.42. The highest BCUT2D eigenvalue weighted by atomic mass is 19.1. The average molecular weight is 387 g/mol. The van der Waals surface area contributed by atoms with Gasteiger partial charge in [-0.25, -0.2) is 13.6 Å². The Bertz CT molecular complexity index is 955. The van der Waals surface area contributed by atoms with E-state index < -0.39 is 35.2 Å². The first-order chi connectivity index (χ1) is 13.3. The standard InChI is InChI=1S/C20H19F2N3O3/c1-11-16(19(26)23-14-9-4-5-10-15(14)28-3)18(24-20(27)25(11)2)17-12(21)7-6-8-13(17)22/h4-10,18H,1-3H3,(H,23,26)(H,24,27)/t18-/m0/s1. The zero-order valence-electron chi connectivity index (χ0n) is 15.5. The largest absolute Gasteiger partial charge is 0.495 e. The highest BCUT2D eigenvalue weighted by molar-refractivity contribution is 6.07. The van der Waals surface area contributed by atoms with Gasteiger partial charge < -0.3 is 20.3 Å². The lowest BCUT2D eigenvalue weighted by molar-refractivity contribution is -0.113.